The number of nitrogens with zero attached hydrogens (tertiary/aromatic N) is 1. The van der Waals surface area contributed by atoms with Gasteiger partial charge in [0.2, 0.25) is 10.0 Å². The lowest BCUT2D eigenvalue weighted by Gasteiger charge is -2.24. The van der Waals surface area contributed by atoms with Gasteiger partial charge in [0.1, 0.15) is 5.52 Å². The minimum absolute atomic E-state index is 0. The zero-order valence-electron chi connectivity index (χ0n) is 17.6. The molecule has 0 bridgehead atoms. The monoisotopic (exact) mass is 482 g/mol. The quantitative estimate of drug-likeness (QED) is 0.367. The Morgan fingerprint density at radius 1 is 1.34 bits per heavy atom. The van der Waals surface area contributed by atoms with Gasteiger partial charge in [0.15, 0.2) is 0 Å². The standard InChI is InChI=1S/C21H26N4O5S.ClH/c1-12(22)11-25(14-5-6-14)31(29,30)15-7-8-17-16(9-15)19-13(3-2-4-18(26)27)10-23-20(19)21(28)24-17;/h7-10,12,14,23H,2-6,11,22H2,1H3,(H,24,28)(H,26,27);1H. The van der Waals surface area contributed by atoms with E-state index in [1.807, 2.05) is 0 Å². The molecule has 5 N–H and O–H groups in total. The SMILES string of the molecule is CC(N)CN(C1CC1)S(=O)(=O)c1ccc2[nH]c(=O)c3[nH]cc(CCCC(=O)O)c3c2c1.Cl. The van der Waals surface area contributed by atoms with Crippen molar-refractivity contribution in [3.63, 3.8) is 0 Å². The van der Waals surface area contributed by atoms with E-state index in [-0.39, 0.29) is 47.9 Å². The van der Waals surface area contributed by atoms with Crippen LogP contribution in [0.3, 0.4) is 0 Å². The average Bonchev–Trinajstić information content (AvgIpc) is 3.44. The van der Waals surface area contributed by atoms with Crippen molar-refractivity contribution in [1.29, 1.82) is 0 Å². The predicted octanol–water partition coefficient (Wildman–Crippen LogP) is 2.34. The number of rotatable bonds is 9. The number of carboxylic acids is 1. The number of aryl methyl sites for hydroxylation is 1. The molecule has 1 fully saturated rings. The lowest BCUT2D eigenvalue weighted by Crippen LogP contribution is -2.41. The Balaban J connectivity index is 0.00000289. The van der Waals surface area contributed by atoms with Crippen molar-refractivity contribution in [3.05, 3.63) is 40.3 Å². The third-order valence-corrected chi connectivity index (χ3v) is 7.48. The summed E-state index contributed by atoms with van der Waals surface area (Å²) in [6, 6.07) is 4.39. The highest BCUT2D eigenvalue weighted by Gasteiger charge is 2.38. The van der Waals surface area contributed by atoms with Crippen LogP contribution in [0.25, 0.3) is 21.8 Å². The maximum absolute atomic E-state index is 13.4. The van der Waals surface area contributed by atoms with E-state index in [9.17, 15) is 18.0 Å². The average molecular weight is 483 g/mol. The third-order valence-electron chi connectivity index (χ3n) is 5.56. The van der Waals surface area contributed by atoms with Crippen LogP contribution in [0.1, 0.15) is 38.2 Å². The van der Waals surface area contributed by atoms with Gasteiger partial charge in [0, 0.05) is 47.5 Å². The molecule has 9 nitrogen and oxygen atoms in total. The summed E-state index contributed by atoms with van der Waals surface area (Å²) in [5.41, 5.74) is 7.26. The zero-order valence-corrected chi connectivity index (χ0v) is 19.3. The number of nitrogens with two attached hydrogens (primary N) is 1. The fourth-order valence-electron chi connectivity index (χ4n) is 3.99. The van der Waals surface area contributed by atoms with Gasteiger partial charge in [-0.1, -0.05) is 0 Å². The van der Waals surface area contributed by atoms with Gasteiger partial charge in [-0.05, 0) is 56.4 Å². The number of pyridine rings is 1. The summed E-state index contributed by atoms with van der Waals surface area (Å²) in [5, 5.41) is 10.2. The second-order valence-corrected chi connectivity index (χ2v) is 10.1. The Bertz CT molecular complexity index is 1310. The molecule has 0 aliphatic heterocycles. The number of aromatic nitrogens is 2. The smallest absolute Gasteiger partial charge is 0.303 e. The molecule has 1 saturated carbocycles. The molecule has 1 aliphatic rings. The maximum atomic E-state index is 13.4. The number of carboxylic acid groups (broad SMARTS) is 1. The number of carbonyl (C=O) groups is 1. The molecule has 2 heterocycles. The van der Waals surface area contributed by atoms with E-state index < -0.39 is 16.0 Å². The van der Waals surface area contributed by atoms with Gasteiger partial charge < -0.3 is 20.8 Å². The van der Waals surface area contributed by atoms with Gasteiger partial charge in [-0.15, -0.1) is 12.4 Å². The molecular weight excluding hydrogens is 456 g/mol. The van der Waals surface area contributed by atoms with Gasteiger partial charge in [0.25, 0.3) is 5.56 Å². The number of benzene rings is 1. The molecule has 0 saturated heterocycles. The summed E-state index contributed by atoms with van der Waals surface area (Å²) in [6.07, 6.45) is 4.22. The molecule has 0 spiro atoms. The zero-order chi connectivity index (χ0) is 22.3. The summed E-state index contributed by atoms with van der Waals surface area (Å²) in [5.74, 6) is -0.884. The van der Waals surface area contributed by atoms with E-state index in [1.54, 1.807) is 25.3 Å². The van der Waals surface area contributed by atoms with Gasteiger partial charge in [-0.25, -0.2) is 8.42 Å². The van der Waals surface area contributed by atoms with Crippen LogP contribution in [0.5, 0.6) is 0 Å². The van der Waals surface area contributed by atoms with Crippen molar-refractivity contribution in [1.82, 2.24) is 14.3 Å². The first kappa shape index (κ1) is 24.2. The largest absolute Gasteiger partial charge is 0.481 e. The molecule has 1 unspecified atom stereocenters. The minimum atomic E-state index is -3.75. The van der Waals surface area contributed by atoms with Crippen LogP contribution in [0.4, 0.5) is 0 Å². The van der Waals surface area contributed by atoms with Crippen LogP contribution in [-0.4, -0.2) is 52.4 Å². The highest BCUT2D eigenvalue weighted by Crippen LogP contribution is 2.34. The van der Waals surface area contributed by atoms with Crippen LogP contribution in [-0.2, 0) is 21.2 Å². The molecule has 174 valence electrons. The number of hydrogen-bond acceptors (Lipinski definition) is 5. The van der Waals surface area contributed by atoms with Gasteiger partial charge in [-0.2, -0.15) is 4.31 Å². The Morgan fingerprint density at radius 2 is 2.06 bits per heavy atom. The molecule has 2 aromatic heterocycles. The van der Waals surface area contributed by atoms with E-state index in [0.717, 1.165) is 18.4 Å². The Kier molecular flexibility index (Phi) is 6.99. The Labute approximate surface area is 191 Å². The fourth-order valence-corrected chi connectivity index (χ4v) is 5.80. The van der Waals surface area contributed by atoms with E-state index in [2.05, 4.69) is 9.97 Å². The van der Waals surface area contributed by atoms with E-state index >= 15 is 0 Å². The topological polar surface area (TPSA) is 149 Å². The summed E-state index contributed by atoms with van der Waals surface area (Å²) >= 11 is 0. The first-order valence-corrected chi connectivity index (χ1v) is 11.8. The van der Waals surface area contributed by atoms with E-state index in [4.69, 9.17) is 10.8 Å². The molecular formula is C21H27ClN4O5S. The van der Waals surface area contributed by atoms with Crippen LogP contribution < -0.4 is 11.3 Å². The number of aromatic amines is 2. The molecule has 3 aromatic rings. The normalized spacial score (nSPS) is 15.2. The second-order valence-electron chi connectivity index (χ2n) is 8.26. The highest BCUT2D eigenvalue weighted by atomic mass is 35.5. The summed E-state index contributed by atoms with van der Waals surface area (Å²) in [6.45, 7) is 2.03. The minimum Gasteiger partial charge on any atom is -0.481 e. The van der Waals surface area contributed by atoms with Crippen LogP contribution in [0.2, 0.25) is 0 Å². The third kappa shape index (κ3) is 4.68. The summed E-state index contributed by atoms with van der Waals surface area (Å²) < 4.78 is 28.3. The first-order valence-electron chi connectivity index (χ1n) is 10.3. The Morgan fingerprint density at radius 3 is 2.69 bits per heavy atom. The van der Waals surface area contributed by atoms with Crippen LogP contribution in [0.15, 0.2) is 34.1 Å². The molecule has 1 atom stereocenters. The van der Waals surface area contributed by atoms with Gasteiger partial charge in [0.05, 0.1) is 4.90 Å². The first-order chi connectivity index (χ1) is 14.7. The molecule has 32 heavy (non-hydrogen) atoms. The number of aliphatic carboxylic acids is 1. The number of H-pyrrole nitrogens is 2. The van der Waals surface area contributed by atoms with Gasteiger partial charge in [-0.3, -0.25) is 9.59 Å². The molecule has 1 aliphatic carbocycles. The van der Waals surface area contributed by atoms with Crippen LogP contribution >= 0.6 is 12.4 Å². The van der Waals surface area contributed by atoms with Crippen molar-refractivity contribution in [3.8, 4) is 0 Å². The van der Waals surface area contributed by atoms with Crippen LogP contribution in [0, 0.1) is 0 Å². The fraction of sp³-hybridized carbons (Fsp3) is 0.429. The van der Waals surface area contributed by atoms with Crippen molar-refractivity contribution >= 4 is 50.2 Å². The number of sulfonamides is 1. The highest BCUT2D eigenvalue weighted by molar-refractivity contribution is 7.89. The summed E-state index contributed by atoms with van der Waals surface area (Å²) in [7, 11) is -3.75. The number of halogens is 1. The second kappa shape index (κ2) is 9.22. The van der Waals surface area contributed by atoms with Crippen molar-refractivity contribution in [2.24, 2.45) is 5.73 Å². The molecule has 1 aromatic carbocycles. The van der Waals surface area contributed by atoms with Gasteiger partial charge >= 0.3 is 5.97 Å². The molecule has 0 amide bonds. The number of hydrogen-bond donors (Lipinski definition) is 4. The molecule has 11 heteroatoms. The lowest BCUT2D eigenvalue weighted by molar-refractivity contribution is -0.137. The molecule has 0 radical (unpaired) electrons. The summed E-state index contributed by atoms with van der Waals surface area (Å²) in [4.78, 5) is 29.2. The lowest BCUT2D eigenvalue weighted by atomic mass is 10.0. The van der Waals surface area contributed by atoms with Crippen molar-refractivity contribution in [2.75, 3.05) is 6.54 Å². The predicted molar refractivity (Wildman–Crippen MR) is 125 cm³/mol. The maximum Gasteiger partial charge on any atom is 0.303 e. The van der Waals surface area contributed by atoms with Crippen molar-refractivity contribution < 1.29 is 18.3 Å². The number of nitrogens with one attached hydrogen (secondary N) is 2. The molecule has 4 rings (SSSR count). The van der Waals surface area contributed by atoms with E-state index in [0.29, 0.717) is 34.6 Å². The number of fused-ring (bicyclic) bond motifs is 3. The van der Waals surface area contributed by atoms with E-state index in [1.165, 1.54) is 10.4 Å². The van der Waals surface area contributed by atoms with Crippen molar-refractivity contribution in [2.45, 2.75) is 56.0 Å². The Hall–Kier alpha value is -2.40.